The largest absolute Gasteiger partial charge is 0.378 e. The highest BCUT2D eigenvalue weighted by atomic mass is 16.5. The van der Waals surface area contributed by atoms with Crippen molar-refractivity contribution in [3.8, 4) is 0 Å². The van der Waals surface area contributed by atoms with Gasteiger partial charge in [0.2, 0.25) is 0 Å². The highest BCUT2D eigenvalue weighted by Crippen LogP contribution is 2.20. The van der Waals surface area contributed by atoms with Crippen molar-refractivity contribution < 1.29 is 9.53 Å². The third kappa shape index (κ3) is 3.91. The standard InChI is InChI=1S/C17H25N3O2/c21-17(20-11-13-22-14-12-20)18-8-7-15-3-5-16(6-4-15)19-9-1-2-10-19/h3-6H,1-2,7-14H2,(H,18,21). The van der Waals surface area contributed by atoms with Crippen LogP contribution >= 0.6 is 0 Å². The minimum absolute atomic E-state index is 0.0250. The maximum Gasteiger partial charge on any atom is 0.317 e. The van der Waals surface area contributed by atoms with Crippen LogP contribution in [0.15, 0.2) is 24.3 Å². The summed E-state index contributed by atoms with van der Waals surface area (Å²) in [5, 5.41) is 2.99. The first-order valence-corrected chi connectivity index (χ1v) is 8.27. The van der Waals surface area contributed by atoms with Crippen LogP contribution in [-0.2, 0) is 11.2 Å². The van der Waals surface area contributed by atoms with Gasteiger partial charge in [0.25, 0.3) is 0 Å². The molecule has 3 rings (SSSR count). The Balaban J connectivity index is 1.42. The average Bonchev–Trinajstić information content (AvgIpc) is 3.11. The Hall–Kier alpha value is -1.75. The van der Waals surface area contributed by atoms with Crippen LogP contribution in [0.4, 0.5) is 10.5 Å². The number of carbonyl (C=O) groups is 1. The van der Waals surface area contributed by atoms with E-state index in [0.717, 1.165) is 6.42 Å². The summed E-state index contributed by atoms with van der Waals surface area (Å²) in [5.41, 5.74) is 2.59. The van der Waals surface area contributed by atoms with Crippen molar-refractivity contribution in [2.45, 2.75) is 19.3 Å². The molecule has 2 saturated heterocycles. The first-order valence-electron chi connectivity index (χ1n) is 8.27. The first-order chi connectivity index (χ1) is 10.8. The van der Waals surface area contributed by atoms with Gasteiger partial charge in [0.15, 0.2) is 0 Å². The van der Waals surface area contributed by atoms with E-state index >= 15 is 0 Å². The molecule has 0 radical (unpaired) electrons. The van der Waals surface area contributed by atoms with Gasteiger partial charge in [0.05, 0.1) is 13.2 Å². The van der Waals surface area contributed by atoms with Gasteiger partial charge in [-0.25, -0.2) is 4.79 Å². The van der Waals surface area contributed by atoms with Crippen LogP contribution in [0.1, 0.15) is 18.4 Å². The lowest BCUT2D eigenvalue weighted by Crippen LogP contribution is -2.46. The van der Waals surface area contributed by atoms with Crippen LogP contribution in [0.3, 0.4) is 0 Å². The lowest BCUT2D eigenvalue weighted by molar-refractivity contribution is 0.0533. The summed E-state index contributed by atoms with van der Waals surface area (Å²) in [6, 6.07) is 8.77. The number of hydrogen-bond acceptors (Lipinski definition) is 3. The third-order valence-corrected chi connectivity index (χ3v) is 4.40. The molecule has 0 aromatic heterocycles. The van der Waals surface area contributed by atoms with Gasteiger partial charge in [-0.3, -0.25) is 0 Å². The van der Waals surface area contributed by atoms with Crippen LogP contribution in [-0.4, -0.2) is 56.9 Å². The fourth-order valence-electron chi connectivity index (χ4n) is 3.04. The number of carbonyl (C=O) groups excluding carboxylic acids is 1. The zero-order valence-electron chi connectivity index (χ0n) is 13.1. The molecule has 120 valence electrons. The van der Waals surface area contributed by atoms with Crippen LogP contribution < -0.4 is 10.2 Å². The Bertz CT molecular complexity index is 477. The van der Waals surface area contributed by atoms with Gasteiger partial charge in [0.1, 0.15) is 0 Å². The molecule has 0 unspecified atom stereocenters. The fraction of sp³-hybridized carbons (Fsp3) is 0.588. The number of anilines is 1. The van der Waals surface area contributed by atoms with E-state index in [9.17, 15) is 4.79 Å². The zero-order valence-corrected chi connectivity index (χ0v) is 13.1. The quantitative estimate of drug-likeness (QED) is 0.923. The summed E-state index contributed by atoms with van der Waals surface area (Å²) in [5.74, 6) is 0. The van der Waals surface area contributed by atoms with Gasteiger partial charge in [-0.05, 0) is 37.0 Å². The molecule has 2 aliphatic rings. The van der Waals surface area contributed by atoms with Crippen molar-refractivity contribution in [3.05, 3.63) is 29.8 Å². The Morgan fingerprint density at radius 2 is 1.73 bits per heavy atom. The molecule has 0 aliphatic carbocycles. The Morgan fingerprint density at radius 3 is 2.41 bits per heavy atom. The second-order valence-electron chi connectivity index (χ2n) is 5.94. The van der Waals surface area contributed by atoms with Crippen LogP contribution in [0.5, 0.6) is 0 Å². The minimum atomic E-state index is 0.0250. The molecule has 0 bridgehead atoms. The predicted octanol–water partition coefficient (Wildman–Crippen LogP) is 1.87. The highest BCUT2D eigenvalue weighted by Gasteiger charge is 2.16. The maximum atomic E-state index is 12.0. The number of hydrogen-bond donors (Lipinski definition) is 1. The number of benzene rings is 1. The summed E-state index contributed by atoms with van der Waals surface area (Å²) < 4.78 is 5.25. The topological polar surface area (TPSA) is 44.8 Å². The van der Waals surface area contributed by atoms with E-state index in [1.165, 1.54) is 37.2 Å². The molecular formula is C17H25N3O2. The monoisotopic (exact) mass is 303 g/mol. The van der Waals surface area contributed by atoms with Gasteiger partial charge < -0.3 is 19.9 Å². The molecule has 0 atom stereocenters. The number of amides is 2. The number of urea groups is 1. The minimum Gasteiger partial charge on any atom is -0.378 e. The smallest absolute Gasteiger partial charge is 0.317 e. The second kappa shape index (κ2) is 7.49. The number of rotatable bonds is 4. The summed E-state index contributed by atoms with van der Waals surface area (Å²) in [7, 11) is 0. The van der Waals surface area contributed by atoms with Crippen molar-refractivity contribution >= 4 is 11.7 Å². The van der Waals surface area contributed by atoms with E-state index in [-0.39, 0.29) is 6.03 Å². The van der Waals surface area contributed by atoms with Gasteiger partial charge in [-0.1, -0.05) is 12.1 Å². The molecular weight excluding hydrogens is 278 g/mol. The van der Waals surface area contributed by atoms with E-state index < -0.39 is 0 Å². The fourth-order valence-corrected chi connectivity index (χ4v) is 3.04. The second-order valence-corrected chi connectivity index (χ2v) is 5.94. The molecule has 0 saturated carbocycles. The molecule has 22 heavy (non-hydrogen) atoms. The Kier molecular flexibility index (Phi) is 5.16. The van der Waals surface area contributed by atoms with Crippen LogP contribution in [0.25, 0.3) is 0 Å². The molecule has 1 aromatic rings. The zero-order chi connectivity index (χ0) is 15.2. The Morgan fingerprint density at radius 1 is 1.05 bits per heavy atom. The molecule has 2 amide bonds. The first kappa shape index (κ1) is 15.2. The predicted molar refractivity (Wildman–Crippen MR) is 87.4 cm³/mol. The molecule has 0 spiro atoms. The van der Waals surface area contributed by atoms with Crippen molar-refractivity contribution in [1.82, 2.24) is 10.2 Å². The summed E-state index contributed by atoms with van der Waals surface area (Å²) >= 11 is 0. The molecule has 2 aliphatic heterocycles. The highest BCUT2D eigenvalue weighted by molar-refractivity contribution is 5.74. The van der Waals surface area contributed by atoms with E-state index in [1.54, 1.807) is 0 Å². The van der Waals surface area contributed by atoms with Crippen molar-refractivity contribution in [2.75, 3.05) is 50.8 Å². The van der Waals surface area contributed by atoms with Crippen LogP contribution in [0.2, 0.25) is 0 Å². The Labute approximate surface area is 132 Å². The molecule has 2 fully saturated rings. The maximum absolute atomic E-state index is 12.0. The molecule has 1 aromatic carbocycles. The molecule has 5 heteroatoms. The normalized spacial score (nSPS) is 18.5. The number of morpholine rings is 1. The van der Waals surface area contributed by atoms with Crippen molar-refractivity contribution in [3.63, 3.8) is 0 Å². The summed E-state index contributed by atoms with van der Waals surface area (Å²) in [4.78, 5) is 16.2. The van der Waals surface area contributed by atoms with E-state index in [1.807, 2.05) is 4.90 Å². The lowest BCUT2D eigenvalue weighted by atomic mass is 10.1. The van der Waals surface area contributed by atoms with E-state index in [2.05, 4.69) is 34.5 Å². The lowest BCUT2D eigenvalue weighted by Gasteiger charge is -2.26. The van der Waals surface area contributed by atoms with E-state index in [0.29, 0.717) is 32.8 Å². The molecule has 2 heterocycles. The number of ether oxygens (including phenoxy) is 1. The van der Waals surface area contributed by atoms with Crippen molar-refractivity contribution in [1.29, 1.82) is 0 Å². The SMILES string of the molecule is O=C(NCCc1ccc(N2CCCC2)cc1)N1CCOCC1. The third-order valence-electron chi connectivity index (χ3n) is 4.40. The number of nitrogens with zero attached hydrogens (tertiary/aromatic N) is 2. The summed E-state index contributed by atoms with van der Waals surface area (Å²) in [6.07, 6.45) is 3.47. The molecule has 5 nitrogen and oxygen atoms in total. The van der Waals surface area contributed by atoms with Crippen molar-refractivity contribution in [2.24, 2.45) is 0 Å². The number of nitrogens with one attached hydrogen (secondary N) is 1. The summed E-state index contributed by atoms with van der Waals surface area (Å²) in [6.45, 7) is 5.70. The average molecular weight is 303 g/mol. The van der Waals surface area contributed by atoms with Gasteiger partial charge in [-0.2, -0.15) is 0 Å². The molecule has 1 N–H and O–H groups in total. The van der Waals surface area contributed by atoms with Gasteiger partial charge in [0, 0.05) is 38.4 Å². The van der Waals surface area contributed by atoms with Gasteiger partial charge in [-0.15, -0.1) is 0 Å². The van der Waals surface area contributed by atoms with E-state index in [4.69, 9.17) is 4.74 Å². The van der Waals surface area contributed by atoms with Crippen LogP contribution in [0, 0.1) is 0 Å². The van der Waals surface area contributed by atoms with Gasteiger partial charge >= 0.3 is 6.03 Å².